The van der Waals surface area contributed by atoms with Crippen LogP contribution in [0.25, 0.3) is 10.8 Å². The molecular formula is C26H36N6O2. The summed E-state index contributed by atoms with van der Waals surface area (Å²) in [4.78, 5) is 28.2. The van der Waals surface area contributed by atoms with Crippen molar-refractivity contribution in [3.8, 4) is 6.07 Å². The number of carbonyl (C=O) groups excluding carboxylic acids is 1. The Labute approximate surface area is 201 Å². The number of benzene rings is 1. The average Bonchev–Trinajstić information content (AvgIpc) is 2.87. The second kappa shape index (κ2) is 11.0. The molecule has 2 aromatic rings. The van der Waals surface area contributed by atoms with Crippen LogP contribution in [0.4, 0.5) is 5.82 Å². The molecule has 34 heavy (non-hydrogen) atoms. The van der Waals surface area contributed by atoms with Crippen LogP contribution in [0.5, 0.6) is 0 Å². The Bertz CT molecular complexity index is 1080. The molecule has 0 spiro atoms. The Morgan fingerprint density at radius 1 is 1.24 bits per heavy atom. The van der Waals surface area contributed by atoms with Crippen molar-refractivity contribution in [2.45, 2.75) is 76.3 Å². The van der Waals surface area contributed by atoms with Crippen molar-refractivity contribution in [3.63, 3.8) is 0 Å². The summed E-state index contributed by atoms with van der Waals surface area (Å²) < 4.78 is 0. The zero-order valence-corrected chi connectivity index (χ0v) is 20.1. The number of rotatable bonds is 8. The molecule has 4 rings (SSSR count). The van der Waals surface area contributed by atoms with E-state index in [1.54, 1.807) is 6.07 Å². The first-order valence-corrected chi connectivity index (χ1v) is 12.7. The topological polar surface area (TPSA) is 114 Å². The maximum absolute atomic E-state index is 13.6. The minimum absolute atomic E-state index is 0.159. The Morgan fingerprint density at radius 3 is 2.62 bits per heavy atom. The van der Waals surface area contributed by atoms with E-state index in [-0.39, 0.29) is 11.5 Å². The number of amides is 1. The van der Waals surface area contributed by atoms with Gasteiger partial charge in [-0.25, -0.2) is 5.10 Å². The molecule has 2 fully saturated rings. The van der Waals surface area contributed by atoms with E-state index in [0.29, 0.717) is 41.8 Å². The van der Waals surface area contributed by atoms with Gasteiger partial charge in [0.25, 0.3) is 5.56 Å². The number of aromatic nitrogens is 2. The molecule has 1 aliphatic carbocycles. The number of nitrogens with one attached hydrogen (secondary N) is 3. The molecule has 1 aliphatic heterocycles. The van der Waals surface area contributed by atoms with E-state index >= 15 is 0 Å². The van der Waals surface area contributed by atoms with Gasteiger partial charge in [-0.05, 0) is 44.2 Å². The van der Waals surface area contributed by atoms with Crippen LogP contribution in [-0.4, -0.2) is 52.2 Å². The zero-order chi connectivity index (χ0) is 24.0. The van der Waals surface area contributed by atoms with E-state index in [2.05, 4.69) is 38.7 Å². The first-order valence-electron chi connectivity index (χ1n) is 12.7. The molecule has 2 heterocycles. The van der Waals surface area contributed by atoms with E-state index in [4.69, 9.17) is 0 Å². The molecule has 1 saturated carbocycles. The van der Waals surface area contributed by atoms with Gasteiger partial charge in [-0.1, -0.05) is 57.2 Å². The van der Waals surface area contributed by atoms with Gasteiger partial charge >= 0.3 is 0 Å². The maximum Gasteiger partial charge on any atom is 0.272 e. The lowest BCUT2D eigenvalue weighted by atomic mass is 9.84. The Morgan fingerprint density at radius 2 is 1.94 bits per heavy atom. The molecule has 0 radical (unpaired) electrons. The van der Waals surface area contributed by atoms with Crippen molar-refractivity contribution in [2.75, 3.05) is 25.0 Å². The van der Waals surface area contributed by atoms with Gasteiger partial charge in [0.2, 0.25) is 5.91 Å². The van der Waals surface area contributed by atoms with Crippen LogP contribution in [0.1, 0.15) is 64.7 Å². The standard InChI is InChI=1S/C26H36N6O2/c1-2-14-32-15-12-26(18-27,13-16-32)29-25(34)22(17-19-8-4-3-5-9-19)28-23-20-10-6-7-11-21(20)24(33)31-30-23/h6-7,10-11,19,22H,2-5,8-9,12-17H2,1H3,(H,28,30)(H,29,34)(H,31,33). The SMILES string of the molecule is CCCN1CCC(C#N)(NC(=O)C(CC2CCCCC2)Nc2n[nH]c(=O)c3ccccc23)CC1. The summed E-state index contributed by atoms with van der Waals surface area (Å²) in [6.45, 7) is 4.80. The summed E-state index contributed by atoms with van der Waals surface area (Å²) in [7, 11) is 0. The minimum Gasteiger partial charge on any atom is -0.356 e. The van der Waals surface area contributed by atoms with Gasteiger partial charge in [0.15, 0.2) is 5.82 Å². The van der Waals surface area contributed by atoms with Crippen molar-refractivity contribution >= 4 is 22.5 Å². The van der Waals surface area contributed by atoms with Crippen LogP contribution in [0.3, 0.4) is 0 Å². The average molecular weight is 465 g/mol. The quantitative estimate of drug-likeness (QED) is 0.550. The van der Waals surface area contributed by atoms with E-state index in [9.17, 15) is 14.9 Å². The number of piperidine rings is 1. The normalized spacial score (nSPS) is 19.9. The van der Waals surface area contributed by atoms with Crippen molar-refractivity contribution in [1.82, 2.24) is 20.4 Å². The molecule has 1 amide bonds. The number of hydrogen-bond donors (Lipinski definition) is 3. The minimum atomic E-state index is -0.839. The molecule has 1 unspecified atom stereocenters. The van der Waals surface area contributed by atoms with Crippen LogP contribution in [-0.2, 0) is 4.79 Å². The highest BCUT2D eigenvalue weighted by Crippen LogP contribution is 2.30. The van der Waals surface area contributed by atoms with E-state index in [0.717, 1.165) is 38.9 Å². The number of H-pyrrole nitrogens is 1. The fourth-order valence-electron chi connectivity index (χ4n) is 5.44. The van der Waals surface area contributed by atoms with Gasteiger partial charge in [0.05, 0.1) is 11.5 Å². The highest BCUT2D eigenvalue weighted by molar-refractivity contribution is 5.93. The van der Waals surface area contributed by atoms with Crippen LogP contribution < -0.4 is 16.2 Å². The fourth-order valence-corrected chi connectivity index (χ4v) is 5.44. The molecule has 3 N–H and O–H groups in total. The third-order valence-corrected chi connectivity index (χ3v) is 7.44. The van der Waals surface area contributed by atoms with Crippen molar-refractivity contribution in [3.05, 3.63) is 34.6 Å². The predicted molar refractivity (Wildman–Crippen MR) is 133 cm³/mol. The second-order valence-electron chi connectivity index (χ2n) is 9.91. The van der Waals surface area contributed by atoms with Gasteiger partial charge in [-0.3, -0.25) is 9.59 Å². The van der Waals surface area contributed by atoms with Gasteiger partial charge in [-0.15, -0.1) is 0 Å². The number of aromatic amines is 1. The molecule has 0 bridgehead atoms. The summed E-state index contributed by atoms with van der Waals surface area (Å²) in [5.74, 6) is 0.790. The van der Waals surface area contributed by atoms with E-state index in [1.165, 1.54) is 19.3 Å². The second-order valence-corrected chi connectivity index (χ2v) is 9.91. The molecule has 1 atom stereocenters. The zero-order valence-electron chi connectivity index (χ0n) is 20.1. The summed E-state index contributed by atoms with van der Waals surface area (Å²) in [5, 5.41) is 24.5. The van der Waals surface area contributed by atoms with E-state index < -0.39 is 11.6 Å². The number of nitriles is 1. The molecule has 1 aromatic carbocycles. The molecule has 8 nitrogen and oxygen atoms in total. The van der Waals surface area contributed by atoms with Crippen LogP contribution >= 0.6 is 0 Å². The van der Waals surface area contributed by atoms with Gasteiger partial charge in [0, 0.05) is 18.5 Å². The molecular weight excluding hydrogens is 428 g/mol. The van der Waals surface area contributed by atoms with Crippen LogP contribution in [0, 0.1) is 17.2 Å². The van der Waals surface area contributed by atoms with Crippen molar-refractivity contribution < 1.29 is 4.79 Å². The molecule has 2 aliphatic rings. The third kappa shape index (κ3) is 5.58. The lowest BCUT2D eigenvalue weighted by molar-refractivity contribution is -0.124. The lowest BCUT2D eigenvalue weighted by Crippen LogP contribution is -2.57. The fraction of sp³-hybridized carbons (Fsp3) is 0.615. The Kier molecular flexibility index (Phi) is 7.84. The first kappa shape index (κ1) is 24.2. The number of likely N-dealkylation sites (tertiary alicyclic amines) is 1. The number of hydrogen-bond acceptors (Lipinski definition) is 6. The van der Waals surface area contributed by atoms with Gasteiger partial charge in [-0.2, -0.15) is 10.4 Å². The summed E-state index contributed by atoms with van der Waals surface area (Å²) in [5.41, 5.74) is -1.09. The first-order chi connectivity index (χ1) is 16.5. The summed E-state index contributed by atoms with van der Waals surface area (Å²) in [6, 6.07) is 9.17. The molecule has 1 aromatic heterocycles. The summed E-state index contributed by atoms with van der Waals surface area (Å²) >= 11 is 0. The monoisotopic (exact) mass is 464 g/mol. The van der Waals surface area contributed by atoms with Crippen molar-refractivity contribution in [2.24, 2.45) is 5.92 Å². The Balaban J connectivity index is 1.55. The predicted octanol–water partition coefficient (Wildman–Crippen LogP) is 3.56. The van der Waals surface area contributed by atoms with Gasteiger partial charge in [0.1, 0.15) is 11.6 Å². The largest absolute Gasteiger partial charge is 0.356 e. The van der Waals surface area contributed by atoms with Crippen LogP contribution in [0.15, 0.2) is 29.1 Å². The highest BCUT2D eigenvalue weighted by atomic mass is 16.2. The number of anilines is 1. The number of fused-ring (bicyclic) bond motifs is 1. The smallest absolute Gasteiger partial charge is 0.272 e. The van der Waals surface area contributed by atoms with Crippen molar-refractivity contribution in [1.29, 1.82) is 5.26 Å². The number of nitrogens with zero attached hydrogens (tertiary/aromatic N) is 3. The Hall–Kier alpha value is -2.92. The lowest BCUT2D eigenvalue weighted by Gasteiger charge is -2.38. The maximum atomic E-state index is 13.6. The molecule has 1 saturated heterocycles. The van der Waals surface area contributed by atoms with Crippen LogP contribution in [0.2, 0.25) is 0 Å². The van der Waals surface area contributed by atoms with Gasteiger partial charge < -0.3 is 15.5 Å². The molecule has 182 valence electrons. The van der Waals surface area contributed by atoms with E-state index in [1.807, 2.05) is 18.2 Å². The molecule has 8 heteroatoms. The highest BCUT2D eigenvalue weighted by Gasteiger charge is 2.38. The summed E-state index contributed by atoms with van der Waals surface area (Å²) in [6.07, 6.45) is 8.88. The number of carbonyl (C=O) groups is 1. The third-order valence-electron chi connectivity index (χ3n) is 7.44.